The number of hydrogen-bond acceptors (Lipinski definition) is 2. The lowest BCUT2D eigenvalue weighted by Crippen LogP contribution is -2.18. The van der Waals surface area contributed by atoms with Crippen LogP contribution in [0.25, 0.3) is 5.57 Å². The second kappa shape index (κ2) is 9.47. The van der Waals surface area contributed by atoms with E-state index in [0.29, 0.717) is 10.6 Å². The van der Waals surface area contributed by atoms with Gasteiger partial charge in [-0.05, 0) is 30.2 Å². The molecule has 0 heterocycles. The van der Waals surface area contributed by atoms with Crippen LogP contribution in [-0.4, -0.2) is 15.3 Å². The Bertz CT molecular complexity index is 602. The molecule has 0 saturated carbocycles. The predicted octanol–water partition coefficient (Wildman–Crippen LogP) is 3.73. The van der Waals surface area contributed by atoms with Crippen LogP contribution in [-0.2, 0) is 11.3 Å². The summed E-state index contributed by atoms with van der Waals surface area (Å²) >= 11 is 3.51. The Morgan fingerprint density at radius 1 is 1.24 bits per heavy atom. The Labute approximate surface area is 133 Å². The molecule has 112 valence electrons. The van der Waals surface area contributed by atoms with E-state index in [9.17, 15) is 8.76 Å². The molecule has 2 rings (SSSR count). The predicted molar refractivity (Wildman–Crippen MR) is 88.6 cm³/mol. The highest BCUT2D eigenvalue weighted by molar-refractivity contribution is 7.77. The fraction of sp³-hybridized carbons (Fsp3) is 0.125. The van der Waals surface area contributed by atoms with Crippen LogP contribution in [0.4, 0.5) is 0 Å². The van der Waals surface area contributed by atoms with Crippen molar-refractivity contribution in [3.8, 4) is 0 Å². The van der Waals surface area contributed by atoms with E-state index in [2.05, 4.69) is 30.4 Å². The number of benzene rings is 2. The Morgan fingerprint density at radius 2 is 1.90 bits per heavy atom. The molecule has 5 heteroatoms. The van der Waals surface area contributed by atoms with Gasteiger partial charge < -0.3 is 4.55 Å². The van der Waals surface area contributed by atoms with Crippen molar-refractivity contribution in [3.63, 3.8) is 0 Å². The molecule has 2 aromatic rings. The van der Waals surface area contributed by atoms with Crippen LogP contribution in [0.3, 0.4) is 0 Å². The summed E-state index contributed by atoms with van der Waals surface area (Å²) in [5.74, 6) is 0. The van der Waals surface area contributed by atoms with Crippen molar-refractivity contribution < 1.29 is 8.76 Å². The fourth-order valence-corrected chi connectivity index (χ4v) is 1.97. The van der Waals surface area contributed by atoms with Crippen LogP contribution in [0.5, 0.6) is 0 Å². The number of rotatable bonds is 4. The van der Waals surface area contributed by atoms with E-state index in [1.54, 1.807) is 18.2 Å². The minimum absolute atomic E-state index is 0.191. The van der Waals surface area contributed by atoms with Gasteiger partial charge in [0.2, 0.25) is 0 Å². The molecule has 1 N–H and O–H groups in total. The lowest BCUT2D eigenvalue weighted by atomic mass is 10.1. The molecule has 0 aromatic heterocycles. The van der Waals surface area contributed by atoms with Gasteiger partial charge in [-0.1, -0.05) is 66.2 Å². The first-order valence-electron chi connectivity index (χ1n) is 6.27. The number of hydrogen-bond donors (Lipinski definition) is 1. The van der Waals surface area contributed by atoms with Gasteiger partial charge in [0, 0.05) is 22.8 Å². The van der Waals surface area contributed by atoms with Crippen LogP contribution in [0, 0.1) is 6.92 Å². The summed E-state index contributed by atoms with van der Waals surface area (Å²) in [6, 6.07) is 17.4. The van der Waals surface area contributed by atoms with Crippen LogP contribution in [0.2, 0.25) is 5.02 Å². The molecule has 1 unspecified atom stereocenters. The van der Waals surface area contributed by atoms with Gasteiger partial charge in [0.15, 0.2) is 0 Å². The van der Waals surface area contributed by atoms with Crippen LogP contribution < -0.4 is 4.72 Å². The molecule has 0 radical (unpaired) electrons. The lowest BCUT2D eigenvalue weighted by Gasteiger charge is -2.09. The van der Waals surface area contributed by atoms with Gasteiger partial charge >= 0.3 is 0 Å². The monoisotopic (exact) mass is 322 g/mol. The molecule has 0 bridgehead atoms. The minimum atomic E-state index is -2.26. The third-order valence-corrected chi connectivity index (χ3v) is 3.19. The van der Waals surface area contributed by atoms with Crippen LogP contribution >= 0.6 is 11.6 Å². The van der Waals surface area contributed by atoms with Gasteiger partial charge in [-0.15, -0.1) is 0 Å². The van der Waals surface area contributed by atoms with Crippen molar-refractivity contribution in [2.45, 2.75) is 6.92 Å². The minimum Gasteiger partial charge on any atom is -0.760 e. The van der Waals surface area contributed by atoms with Crippen molar-refractivity contribution in [2.75, 3.05) is 6.54 Å². The van der Waals surface area contributed by atoms with Gasteiger partial charge in [0.05, 0.1) is 0 Å². The highest BCUT2D eigenvalue weighted by Gasteiger charge is 1.98. The summed E-state index contributed by atoms with van der Waals surface area (Å²) in [4.78, 5) is 0. The van der Waals surface area contributed by atoms with E-state index < -0.39 is 11.3 Å². The molecule has 2 aromatic carbocycles. The summed E-state index contributed by atoms with van der Waals surface area (Å²) in [5.41, 5.74) is 2.83. The smallest absolute Gasteiger partial charge is 0.0412 e. The van der Waals surface area contributed by atoms with Crippen molar-refractivity contribution >= 4 is 28.4 Å². The van der Waals surface area contributed by atoms with Crippen molar-refractivity contribution in [1.29, 1.82) is 0 Å². The second-order valence-electron chi connectivity index (χ2n) is 4.32. The van der Waals surface area contributed by atoms with E-state index in [0.717, 1.165) is 5.56 Å². The molecule has 0 spiro atoms. The van der Waals surface area contributed by atoms with Crippen LogP contribution in [0.15, 0.2) is 61.2 Å². The van der Waals surface area contributed by atoms with Gasteiger partial charge in [0.1, 0.15) is 0 Å². The average molecular weight is 323 g/mol. The van der Waals surface area contributed by atoms with Crippen molar-refractivity contribution in [1.82, 2.24) is 4.72 Å². The van der Waals surface area contributed by atoms with Crippen LogP contribution in [0.1, 0.15) is 11.1 Å². The summed E-state index contributed by atoms with van der Waals surface area (Å²) in [6.45, 7) is 6.02. The third-order valence-electron chi connectivity index (χ3n) is 2.58. The van der Waals surface area contributed by atoms with Crippen molar-refractivity contribution in [2.24, 2.45) is 0 Å². The van der Waals surface area contributed by atoms with E-state index in [1.807, 2.05) is 24.3 Å². The van der Waals surface area contributed by atoms with Gasteiger partial charge in [0.25, 0.3) is 0 Å². The second-order valence-corrected chi connectivity index (χ2v) is 5.52. The van der Waals surface area contributed by atoms with Gasteiger partial charge in [-0.2, -0.15) is 0 Å². The van der Waals surface area contributed by atoms with E-state index in [-0.39, 0.29) is 6.54 Å². The highest BCUT2D eigenvalue weighted by Crippen LogP contribution is 2.16. The zero-order valence-electron chi connectivity index (χ0n) is 11.7. The van der Waals surface area contributed by atoms with E-state index in [1.165, 1.54) is 5.56 Å². The molecular formula is C16H17ClNO2S-. The lowest BCUT2D eigenvalue weighted by molar-refractivity contribution is 0.527. The molecular weight excluding hydrogens is 306 g/mol. The number of nitrogens with one attached hydrogen (secondary N) is 1. The quantitative estimate of drug-likeness (QED) is 0.872. The molecule has 0 aliphatic carbocycles. The zero-order chi connectivity index (χ0) is 15.7. The maximum absolute atomic E-state index is 10.2. The molecule has 0 aliphatic rings. The zero-order valence-corrected chi connectivity index (χ0v) is 13.3. The molecule has 0 saturated heterocycles. The Hall–Kier alpha value is -1.46. The number of aryl methyl sites for hydroxylation is 1. The topological polar surface area (TPSA) is 52.2 Å². The molecule has 0 fully saturated rings. The SMILES string of the molecule is C=C(CNS(=O)[O-])c1cccc(Cl)c1.Cc1ccccc1. The largest absolute Gasteiger partial charge is 0.760 e. The normalized spacial score (nSPS) is 11.2. The Morgan fingerprint density at radius 3 is 2.38 bits per heavy atom. The van der Waals surface area contributed by atoms with Gasteiger partial charge in [-0.25, -0.2) is 4.72 Å². The first-order valence-corrected chi connectivity index (χ1v) is 7.72. The molecule has 0 amide bonds. The molecule has 0 aliphatic heterocycles. The summed E-state index contributed by atoms with van der Waals surface area (Å²) in [5, 5.41) is 0.604. The highest BCUT2D eigenvalue weighted by atomic mass is 35.5. The molecule has 3 nitrogen and oxygen atoms in total. The summed E-state index contributed by atoms with van der Waals surface area (Å²) in [7, 11) is 0. The Kier molecular flexibility index (Phi) is 7.93. The third kappa shape index (κ3) is 7.78. The summed E-state index contributed by atoms with van der Waals surface area (Å²) < 4.78 is 22.7. The Balaban J connectivity index is 0.000000262. The standard InChI is InChI=1S/C9H10ClNO2S.C7H8/c1-7(6-11-14(12)13)8-3-2-4-9(10)5-8;1-7-5-3-2-4-6-7/h2-5,11H,1,6H2,(H,12,13);2-6H,1H3/p-1. The maximum Gasteiger partial charge on any atom is 0.0412 e. The maximum atomic E-state index is 10.2. The fourth-order valence-electron chi connectivity index (χ4n) is 1.49. The van der Waals surface area contributed by atoms with E-state index in [4.69, 9.17) is 11.6 Å². The summed E-state index contributed by atoms with van der Waals surface area (Å²) in [6.07, 6.45) is 0. The average Bonchev–Trinajstić information content (AvgIpc) is 2.46. The first kappa shape index (κ1) is 17.6. The number of halogens is 1. The van der Waals surface area contributed by atoms with Gasteiger partial charge in [-0.3, -0.25) is 4.21 Å². The van der Waals surface area contributed by atoms with Crippen molar-refractivity contribution in [3.05, 3.63) is 77.3 Å². The molecule has 21 heavy (non-hydrogen) atoms. The first-order chi connectivity index (χ1) is 9.99. The van der Waals surface area contributed by atoms with E-state index >= 15 is 0 Å². The molecule has 1 atom stereocenters.